The normalized spacial score (nSPS) is 19.7. The van der Waals surface area contributed by atoms with E-state index >= 15 is 0 Å². The molecule has 3 aromatic heterocycles. The van der Waals surface area contributed by atoms with Crippen LogP contribution in [0.3, 0.4) is 0 Å². The van der Waals surface area contributed by atoms with Crippen LogP contribution < -0.4 is 5.32 Å². The summed E-state index contributed by atoms with van der Waals surface area (Å²) in [4.78, 5) is 40.8. The highest BCUT2D eigenvalue weighted by atomic mass is 32.1. The fourth-order valence-corrected chi connectivity index (χ4v) is 4.29. The van der Waals surface area contributed by atoms with Crippen LogP contribution in [0.15, 0.2) is 24.0 Å². The fourth-order valence-electron chi connectivity index (χ4n) is 3.59. The predicted octanol–water partition coefficient (Wildman–Crippen LogP) is 3.25. The quantitative estimate of drug-likeness (QED) is 0.665. The highest BCUT2D eigenvalue weighted by Crippen LogP contribution is 2.33. The van der Waals surface area contributed by atoms with E-state index in [2.05, 4.69) is 25.3 Å². The number of esters is 1. The molecule has 27 heavy (non-hydrogen) atoms. The number of carbonyl (C=O) groups is 2. The second kappa shape index (κ2) is 7.43. The molecule has 9 heteroatoms. The number of H-pyrrole nitrogens is 1. The molecule has 2 N–H and O–H groups in total. The summed E-state index contributed by atoms with van der Waals surface area (Å²) in [6.07, 6.45) is 6.51. The maximum Gasteiger partial charge on any atom is 0.309 e. The van der Waals surface area contributed by atoms with Gasteiger partial charge in [-0.1, -0.05) is 12.8 Å². The summed E-state index contributed by atoms with van der Waals surface area (Å²) in [7, 11) is 1.36. The summed E-state index contributed by atoms with van der Waals surface area (Å²) in [6.45, 7) is 0. The standard InChI is InChI=1S/C18H19N5O3S.H2/c1-26-17(25)11-5-3-2-4-10(11)16(24)23-18-22-13(8-27-18)14-12-6-7-19-15(12)21-9-20-14;/h6-11H,2-5H2,1H3,(H,19,20,21)(H,22,23,24);1H. The summed E-state index contributed by atoms with van der Waals surface area (Å²) in [5, 5.41) is 6.08. The van der Waals surface area contributed by atoms with Crippen LogP contribution in [0, 0.1) is 11.8 Å². The number of rotatable bonds is 4. The first-order valence-corrected chi connectivity index (χ1v) is 9.68. The van der Waals surface area contributed by atoms with Crippen LogP contribution in [0.25, 0.3) is 22.4 Å². The SMILES string of the molecule is COC(=O)C1CCCCC1C(=O)Nc1nc(-c2ncnc3[nH]ccc23)cs1.[HH]. The largest absolute Gasteiger partial charge is 0.469 e. The molecule has 142 valence electrons. The van der Waals surface area contributed by atoms with Crippen LogP contribution >= 0.6 is 11.3 Å². The molecule has 4 rings (SSSR count). The van der Waals surface area contributed by atoms with Crippen molar-refractivity contribution in [1.29, 1.82) is 0 Å². The molecule has 1 saturated carbocycles. The van der Waals surface area contributed by atoms with Gasteiger partial charge in [-0.05, 0) is 18.9 Å². The molecule has 0 radical (unpaired) electrons. The lowest BCUT2D eigenvalue weighted by molar-refractivity contribution is -0.151. The lowest BCUT2D eigenvalue weighted by atomic mass is 9.78. The molecule has 0 saturated heterocycles. The molecule has 1 amide bonds. The average molecular weight is 387 g/mol. The van der Waals surface area contributed by atoms with Gasteiger partial charge in [0.1, 0.15) is 23.4 Å². The van der Waals surface area contributed by atoms with Gasteiger partial charge in [-0.3, -0.25) is 9.59 Å². The minimum atomic E-state index is -0.385. The molecule has 3 aromatic rings. The Morgan fingerprint density at radius 2 is 2.11 bits per heavy atom. The van der Waals surface area contributed by atoms with E-state index in [-0.39, 0.29) is 25.1 Å². The topological polar surface area (TPSA) is 110 Å². The maximum atomic E-state index is 12.7. The van der Waals surface area contributed by atoms with Crippen molar-refractivity contribution in [2.45, 2.75) is 25.7 Å². The van der Waals surface area contributed by atoms with Gasteiger partial charge in [0.05, 0.1) is 18.9 Å². The van der Waals surface area contributed by atoms with Crippen molar-refractivity contribution in [3.05, 3.63) is 24.0 Å². The summed E-state index contributed by atoms with van der Waals surface area (Å²) in [5.41, 5.74) is 2.13. The van der Waals surface area contributed by atoms with E-state index in [1.54, 1.807) is 6.20 Å². The van der Waals surface area contributed by atoms with Crippen LogP contribution in [-0.2, 0) is 14.3 Å². The average Bonchev–Trinajstić information content (AvgIpc) is 3.36. The lowest BCUT2D eigenvalue weighted by Crippen LogP contribution is -2.36. The lowest BCUT2D eigenvalue weighted by Gasteiger charge is -2.28. The number of anilines is 1. The Morgan fingerprint density at radius 1 is 1.30 bits per heavy atom. The van der Waals surface area contributed by atoms with E-state index in [0.717, 1.165) is 23.9 Å². The predicted molar refractivity (Wildman–Crippen MR) is 103 cm³/mol. The van der Waals surface area contributed by atoms with E-state index in [0.29, 0.717) is 29.4 Å². The zero-order valence-corrected chi connectivity index (χ0v) is 15.6. The van der Waals surface area contributed by atoms with E-state index in [4.69, 9.17) is 4.74 Å². The number of fused-ring (bicyclic) bond motifs is 1. The smallest absolute Gasteiger partial charge is 0.309 e. The number of hydrogen-bond acceptors (Lipinski definition) is 7. The number of thiazole rings is 1. The van der Waals surface area contributed by atoms with Gasteiger partial charge in [-0.2, -0.15) is 0 Å². The first kappa shape index (κ1) is 17.6. The zero-order chi connectivity index (χ0) is 18.8. The van der Waals surface area contributed by atoms with Crippen LogP contribution in [0.2, 0.25) is 0 Å². The maximum absolute atomic E-state index is 12.7. The van der Waals surface area contributed by atoms with Crippen molar-refractivity contribution in [3.63, 3.8) is 0 Å². The van der Waals surface area contributed by atoms with Gasteiger partial charge in [0.25, 0.3) is 0 Å². The molecule has 1 aliphatic carbocycles. The molecule has 1 fully saturated rings. The van der Waals surface area contributed by atoms with Crippen LogP contribution in [0.5, 0.6) is 0 Å². The van der Waals surface area contributed by atoms with Crippen molar-refractivity contribution in [2.24, 2.45) is 11.8 Å². The number of nitrogens with one attached hydrogen (secondary N) is 2. The number of amides is 1. The second-order valence-corrected chi connectivity index (χ2v) is 7.37. The second-order valence-electron chi connectivity index (χ2n) is 6.51. The zero-order valence-electron chi connectivity index (χ0n) is 14.8. The fraction of sp³-hybridized carbons (Fsp3) is 0.389. The molecular weight excluding hydrogens is 366 g/mol. The minimum Gasteiger partial charge on any atom is -0.469 e. The Labute approximate surface area is 160 Å². The van der Waals surface area contributed by atoms with Gasteiger partial charge in [-0.25, -0.2) is 15.0 Å². The van der Waals surface area contributed by atoms with E-state index in [1.807, 2.05) is 11.4 Å². The summed E-state index contributed by atoms with van der Waals surface area (Å²) >= 11 is 1.33. The number of ether oxygens (including phenoxy) is 1. The molecule has 3 heterocycles. The van der Waals surface area contributed by atoms with Crippen molar-refractivity contribution < 1.29 is 15.8 Å². The number of aromatic nitrogens is 4. The van der Waals surface area contributed by atoms with Crippen molar-refractivity contribution >= 4 is 39.4 Å². The molecule has 0 bridgehead atoms. The van der Waals surface area contributed by atoms with Crippen LogP contribution in [0.1, 0.15) is 27.1 Å². The number of methoxy groups -OCH3 is 1. The summed E-state index contributed by atoms with van der Waals surface area (Å²) in [5.74, 6) is -1.26. The van der Waals surface area contributed by atoms with Crippen molar-refractivity contribution in [3.8, 4) is 11.4 Å². The Bertz CT molecular complexity index is 988. The van der Waals surface area contributed by atoms with Crippen LogP contribution in [0.4, 0.5) is 5.13 Å². The van der Waals surface area contributed by atoms with Gasteiger partial charge in [0.2, 0.25) is 5.91 Å². The monoisotopic (exact) mass is 387 g/mol. The Hall–Kier alpha value is -2.81. The van der Waals surface area contributed by atoms with Gasteiger partial charge in [-0.15, -0.1) is 11.3 Å². The molecule has 1 aliphatic rings. The Balaban J connectivity index is 0.00000225. The van der Waals surface area contributed by atoms with Crippen molar-refractivity contribution in [2.75, 3.05) is 12.4 Å². The third-order valence-electron chi connectivity index (χ3n) is 4.94. The Kier molecular flexibility index (Phi) is 4.85. The third-order valence-corrected chi connectivity index (χ3v) is 5.70. The summed E-state index contributed by atoms with van der Waals surface area (Å²) in [6, 6.07) is 1.89. The van der Waals surface area contributed by atoms with Crippen molar-refractivity contribution in [1.82, 2.24) is 19.9 Å². The molecule has 2 unspecified atom stereocenters. The molecule has 2 atom stereocenters. The minimum absolute atomic E-state index is 0. The van der Waals surface area contributed by atoms with Gasteiger partial charge < -0.3 is 15.0 Å². The first-order valence-electron chi connectivity index (χ1n) is 8.80. The van der Waals surface area contributed by atoms with E-state index < -0.39 is 0 Å². The number of nitrogens with zero attached hydrogens (tertiary/aromatic N) is 3. The Morgan fingerprint density at radius 3 is 2.93 bits per heavy atom. The number of aromatic amines is 1. The third kappa shape index (κ3) is 3.42. The van der Waals surface area contributed by atoms with Gasteiger partial charge in [0.15, 0.2) is 5.13 Å². The van der Waals surface area contributed by atoms with Gasteiger partial charge in [0, 0.05) is 18.4 Å². The molecule has 0 spiro atoms. The van der Waals surface area contributed by atoms with E-state index in [9.17, 15) is 9.59 Å². The van der Waals surface area contributed by atoms with Crippen LogP contribution in [-0.4, -0.2) is 38.9 Å². The summed E-state index contributed by atoms with van der Waals surface area (Å²) < 4.78 is 4.87. The highest BCUT2D eigenvalue weighted by molar-refractivity contribution is 7.14. The van der Waals surface area contributed by atoms with E-state index in [1.165, 1.54) is 24.8 Å². The number of carbonyl (C=O) groups excluding carboxylic acids is 2. The molecule has 0 aliphatic heterocycles. The molecule has 0 aromatic carbocycles. The number of hydrogen-bond donors (Lipinski definition) is 2. The first-order chi connectivity index (χ1) is 13.2. The molecule has 8 nitrogen and oxygen atoms in total. The molecular formula is C18H21N5O3S. The highest BCUT2D eigenvalue weighted by Gasteiger charge is 2.36. The van der Waals surface area contributed by atoms with Gasteiger partial charge >= 0.3 is 5.97 Å².